The Hall–Kier alpha value is -3.55. The monoisotopic (exact) mass is 584 g/mol. The van der Waals surface area contributed by atoms with Crippen molar-refractivity contribution in [2.24, 2.45) is 0 Å². The minimum Gasteiger partial charge on any atom is -0.465 e. The average molecular weight is 584 g/mol. The Labute approximate surface area is 242 Å². The number of hydrogen-bond acceptors (Lipinski definition) is 6. The number of amides is 2. The molecule has 224 valence electrons. The third-order valence-electron chi connectivity index (χ3n) is 8.48. The van der Waals surface area contributed by atoms with Crippen LogP contribution in [0, 0.1) is 0 Å². The standard InChI is InChI=1S/C29H35BF2N4O6/c1-16(40-26(31)32)23(35-27(38)39)25(37)36-12-6-7-22(36)24-33-15-21(34-24)19-9-8-18-14-20(11-10-17(18)13-19)30-41-28(2,3)29(4,5)42-30/h8-11,13-16,22-23,26,35H,6-7,12H2,1-5H3,(H,33,34)(H,38,39)/t16-,22+,23+/m1/s1. The van der Waals surface area contributed by atoms with Gasteiger partial charge >= 0.3 is 19.8 Å². The number of hydrogen-bond donors (Lipinski definition) is 3. The highest BCUT2D eigenvalue weighted by Gasteiger charge is 2.51. The number of fused-ring (bicyclic) bond motifs is 1. The summed E-state index contributed by atoms with van der Waals surface area (Å²) in [5.41, 5.74) is 1.72. The van der Waals surface area contributed by atoms with Crippen LogP contribution in [-0.2, 0) is 18.8 Å². The highest BCUT2D eigenvalue weighted by Crippen LogP contribution is 2.37. The predicted molar refractivity (Wildman–Crippen MR) is 152 cm³/mol. The summed E-state index contributed by atoms with van der Waals surface area (Å²) >= 11 is 0. The lowest BCUT2D eigenvalue weighted by Crippen LogP contribution is -2.54. The van der Waals surface area contributed by atoms with Crippen molar-refractivity contribution in [2.45, 2.75) is 83.5 Å². The maximum absolute atomic E-state index is 13.3. The number of halogens is 2. The first-order valence-electron chi connectivity index (χ1n) is 13.9. The number of H-pyrrole nitrogens is 1. The summed E-state index contributed by atoms with van der Waals surface area (Å²) in [7, 11) is -0.457. The Morgan fingerprint density at radius 1 is 1.14 bits per heavy atom. The van der Waals surface area contributed by atoms with Crippen molar-refractivity contribution in [1.82, 2.24) is 20.2 Å². The van der Waals surface area contributed by atoms with Crippen LogP contribution in [0.2, 0.25) is 0 Å². The number of ether oxygens (including phenoxy) is 1. The Bertz CT molecular complexity index is 1470. The fourth-order valence-electron chi connectivity index (χ4n) is 5.46. The molecule has 0 bridgehead atoms. The van der Waals surface area contributed by atoms with Crippen LogP contribution in [0.15, 0.2) is 42.6 Å². The van der Waals surface area contributed by atoms with Gasteiger partial charge in [0.15, 0.2) is 0 Å². The second-order valence-corrected chi connectivity index (χ2v) is 11.8. The molecular weight excluding hydrogens is 549 g/mol. The van der Waals surface area contributed by atoms with Crippen molar-refractivity contribution in [3.63, 3.8) is 0 Å². The molecule has 0 aliphatic carbocycles. The topological polar surface area (TPSA) is 126 Å². The molecule has 3 atom stereocenters. The summed E-state index contributed by atoms with van der Waals surface area (Å²) in [6, 6.07) is 10.1. The Morgan fingerprint density at radius 3 is 2.48 bits per heavy atom. The number of carboxylic acid groups (broad SMARTS) is 1. The third-order valence-corrected chi connectivity index (χ3v) is 8.48. The van der Waals surface area contributed by atoms with Crippen LogP contribution in [0.1, 0.15) is 59.3 Å². The average Bonchev–Trinajstić information content (AvgIpc) is 3.63. The largest absolute Gasteiger partial charge is 0.494 e. The molecule has 3 aromatic rings. The number of nitrogens with zero attached hydrogens (tertiary/aromatic N) is 2. The van der Waals surface area contributed by atoms with E-state index in [1.54, 1.807) is 6.20 Å². The second kappa shape index (κ2) is 11.3. The highest BCUT2D eigenvalue weighted by molar-refractivity contribution is 6.62. The van der Waals surface area contributed by atoms with E-state index in [4.69, 9.17) is 9.31 Å². The molecule has 2 amide bonds. The molecule has 3 N–H and O–H groups in total. The first-order chi connectivity index (χ1) is 19.8. The van der Waals surface area contributed by atoms with Gasteiger partial charge in [0.05, 0.1) is 35.2 Å². The number of carbonyl (C=O) groups excluding carboxylic acids is 1. The van der Waals surface area contributed by atoms with Crippen molar-refractivity contribution >= 4 is 35.4 Å². The van der Waals surface area contributed by atoms with E-state index in [2.05, 4.69) is 20.8 Å². The second-order valence-electron chi connectivity index (χ2n) is 11.8. The number of imidazole rings is 1. The van der Waals surface area contributed by atoms with Crippen LogP contribution in [0.5, 0.6) is 0 Å². The Kier molecular flexibility index (Phi) is 8.03. The van der Waals surface area contributed by atoms with E-state index >= 15 is 0 Å². The summed E-state index contributed by atoms with van der Waals surface area (Å²) in [4.78, 5) is 33.9. The van der Waals surface area contributed by atoms with Gasteiger partial charge in [0.1, 0.15) is 11.9 Å². The number of carbonyl (C=O) groups is 2. The van der Waals surface area contributed by atoms with Crippen LogP contribution in [0.4, 0.5) is 13.6 Å². The summed E-state index contributed by atoms with van der Waals surface area (Å²) in [6.45, 7) is 6.50. The number of likely N-dealkylation sites (tertiary alicyclic amines) is 1. The maximum atomic E-state index is 13.3. The first-order valence-corrected chi connectivity index (χ1v) is 13.9. The molecule has 2 aliphatic heterocycles. The van der Waals surface area contributed by atoms with Gasteiger partial charge in [-0.15, -0.1) is 0 Å². The zero-order chi connectivity index (χ0) is 30.4. The van der Waals surface area contributed by atoms with E-state index in [1.807, 2.05) is 63.3 Å². The summed E-state index contributed by atoms with van der Waals surface area (Å²) < 4.78 is 42.5. The molecule has 10 nitrogen and oxygen atoms in total. The smallest absolute Gasteiger partial charge is 0.465 e. The van der Waals surface area contributed by atoms with E-state index in [1.165, 1.54) is 11.8 Å². The Morgan fingerprint density at radius 2 is 1.81 bits per heavy atom. The molecule has 0 unspecified atom stereocenters. The van der Waals surface area contributed by atoms with Crippen molar-refractivity contribution in [2.75, 3.05) is 6.54 Å². The molecular formula is C29H35BF2N4O6. The molecule has 13 heteroatoms. The van der Waals surface area contributed by atoms with Gasteiger partial charge in [0.2, 0.25) is 5.91 Å². The number of nitrogens with one attached hydrogen (secondary N) is 2. The normalized spacial score (nSPS) is 21.2. The van der Waals surface area contributed by atoms with Crippen molar-refractivity contribution in [3.05, 3.63) is 48.4 Å². The van der Waals surface area contributed by atoms with E-state index < -0.39 is 55.1 Å². The summed E-state index contributed by atoms with van der Waals surface area (Å²) in [5.74, 6) is -0.113. The molecule has 0 saturated carbocycles. The number of rotatable bonds is 8. The fraction of sp³-hybridized carbons (Fsp3) is 0.483. The summed E-state index contributed by atoms with van der Waals surface area (Å²) in [6.07, 6.45) is 0.0453. The van der Waals surface area contributed by atoms with Gasteiger partial charge in [-0.2, -0.15) is 8.78 Å². The highest BCUT2D eigenvalue weighted by atomic mass is 19.3. The van der Waals surface area contributed by atoms with Gasteiger partial charge in [-0.1, -0.05) is 30.3 Å². The molecule has 42 heavy (non-hydrogen) atoms. The first kappa shape index (κ1) is 29.9. The van der Waals surface area contributed by atoms with E-state index in [0.29, 0.717) is 25.2 Å². The lowest BCUT2D eigenvalue weighted by Gasteiger charge is -2.32. The molecule has 0 radical (unpaired) electrons. The maximum Gasteiger partial charge on any atom is 0.494 e. The van der Waals surface area contributed by atoms with Gasteiger partial charge in [-0.3, -0.25) is 4.79 Å². The van der Waals surface area contributed by atoms with Crippen LogP contribution < -0.4 is 10.8 Å². The number of aromatic amines is 1. The zero-order valence-electron chi connectivity index (χ0n) is 24.2. The molecule has 5 rings (SSSR count). The number of alkyl halides is 2. The van der Waals surface area contributed by atoms with Crippen molar-refractivity contribution < 1.29 is 37.5 Å². The molecule has 3 heterocycles. The van der Waals surface area contributed by atoms with Crippen LogP contribution >= 0.6 is 0 Å². The molecule has 2 fully saturated rings. The lowest BCUT2D eigenvalue weighted by atomic mass is 9.78. The summed E-state index contributed by atoms with van der Waals surface area (Å²) in [5, 5.41) is 13.3. The van der Waals surface area contributed by atoms with Crippen LogP contribution in [0.3, 0.4) is 0 Å². The Balaban J connectivity index is 1.34. The SMILES string of the molecule is C[C@@H](OC(F)F)[C@H](NC(=O)O)C(=O)N1CCC[C@H]1c1ncc(-c2ccc3cc(B4OC(C)(C)C(C)(C)O4)ccc3c2)[nH]1. The molecule has 0 spiro atoms. The number of aromatic nitrogens is 2. The predicted octanol–water partition coefficient (Wildman–Crippen LogP) is 4.46. The minimum absolute atomic E-state index is 0.333. The molecule has 2 saturated heterocycles. The van der Waals surface area contributed by atoms with Gasteiger partial charge in [0, 0.05) is 12.1 Å². The van der Waals surface area contributed by atoms with Gasteiger partial charge in [0.25, 0.3) is 0 Å². The van der Waals surface area contributed by atoms with Crippen molar-refractivity contribution in [3.8, 4) is 11.3 Å². The molecule has 2 aliphatic rings. The van der Waals surface area contributed by atoms with Gasteiger partial charge in [-0.25, -0.2) is 9.78 Å². The van der Waals surface area contributed by atoms with Crippen molar-refractivity contribution in [1.29, 1.82) is 0 Å². The quantitative estimate of drug-likeness (QED) is 0.334. The fourth-order valence-corrected chi connectivity index (χ4v) is 5.46. The van der Waals surface area contributed by atoms with Crippen LogP contribution in [0.25, 0.3) is 22.0 Å². The van der Waals surface area contributed by atoms with Gasteiger partial charge < -0.3 is 34.4 Å². The van der Waals surface area contributed by atoms with E-state index in [-0.39, 0.29) is 0 Å². The van der Waals surface area contributed by atoms with Crippen LogP contribution in [-0.4, -0.2) is 75.6 Å². The van der Waals surface area contributed by atoms with E-state index in [0.717, 1.165) is 27.5 Å². The lowest BCUT2D eigenvalue weighted by molar-refractivity contribution is -0.171. The van der Waals surface area contributed by atoms with Gasteiger partial charge in [-0.05, 0) is 69.8 Å². The molecule has 2 aromatic carbocycles. The third kappa shape index (κ3) is 5.86. The zero-order valence-corrected chi connectivity index (χ0v) is 24.2. The van der Waals surface area contributed by atoms with E-state index in [9.17, 15) is 23.5 Å². The molecule has 1 aromatic heterocycles. The minimum atomic E-state index is -3.15. The number of benzene rings is 2.